The molecule has 1 aromatic heterocycles. The molecule has 2 rings (SSSR count). The quantitative estimate of drug-likeness (QED) is 0.647. The lowest BCUT2D eigenvalue weighted by atomic mass is 10.1. The van der Waals surface area contributed by atoms with E-state index in [1.165, 1.54) is 12.5 Å². The van der Waals surface area contributed by atoms with Crippen molar-refractivity contribution in [3.8, 4) is 0 Å². The summed E-state index contributed by atoms with van der Waals surface area (Å²) in [6, 6.07) is 1.17. The van der Waals surface area contributed by atoms with Crippen LogP contribution in [0.5, 0.6) is 0 Å². The number of nitrogens with two attached hydrogens (primary N) is 1. The first-order valence-electron chi connectivity index (χ1n) is 7.48. The van der Waals surface area contributed by atoms with E-state index >= 15 is 0 Å². The van der Waals surface area contributed by atoms with Crippen molar-refractivity contribution in [3.05, 3.63) is 11.9 Å². The van der Waals surface area contributed by atoms with Gasteiger partial charge in [-0.1, -0.05) is 19.6 Å². The summed E-state index contributed by atoms with van der Waals surface area (Å²) in [5.74, 6) is 0. The number of aromatic nitrogens is 2. The van der Waals surface area contributed by atoms with E-state index in [0.717, 1.165) is 31.7 Å². The molecule has 1 aliphatic heterocycles. The topological polar surface area (TPSA) is 62.3 Å². The van der Waals surface area contributed by atoms with E-state index in [2.05, 4.69) is 24.7 Å². The Morgan fingerprint density at radius 2 is 2.25 bits per heavy atom. The van der Waals surface area contributed by atoms with Gasteiger partial charge in [0, 0.05) is 21.3 Å². The highest BCUT2D eigenvalue weighted by atomic mass is 28.3. The lowest BCUT2D eigenvalue weighted by Crippen LogP contribution is -2.22. The molecule has 6 heteroatoms. The van der Waals surface area contributed by atoms with Crippen molar-refractivity contribution in [2.45, 2.75) is 57.8 Å². The zero-order valence-electron chi connectivity index (χ0n) is 12.9. The van der Waals surface area contributed by atoms with Crippen LogP contribution in [0.25, 0.3) is 0 Å². The Hall–Kier alpha value is -0.853. The Labute approximate surface area is 122 Å². The summed E-state index contributed by atoms with van der Waals surface area (Å²) in [7, 11) is -1.03. The van der Waals surface area contributed by atoms with E-state index < -0.39 is 8.07 Å². The molecule has 1 fully saturated rings. The van der Waals surface area contributed by atoms with E-state index in [1.54, 1.807) is 4.68 Å². The minimum Gasteiger partial charge on any atom is -0.396 e. The molecule has 1 atom stereocenters. The van der Waals surface area contributed by atoms with Gasteiger partial charge in [-0.3, -0.25) is 0 Å². The fraction of sp³-hybridized carbons (Fsp3) is 0.786. The predicted octanol–water partition coefficient (Wildman–Crippen LogP) is 3.02. The summed E-state index contributed by atoms with van der Waals surface area (Å²) in [5, 5.41) is 4.52. The lowest BCUT2D eigenvalue weighted by Gasteiger charge is -2.21. The van der Waals surface area contributed by atoms with Crippen molar-refractivity contribution in [2.24, 2.45) is 0 Å². The summed E-state index contributed by atoms with van der Waals surface area (Å²) >= 11 is 0. The molecule has 1 unspecified atom stereocenters. The van der Waals surface area contributed by atoms with Crippen molar-refractivity contribution in [2.75, 3.05) is 18.9 Å². The molecule has 2 N–H and O–H groups in total. The van der Waals surface area contributed by atoms with Crippen LogP contribution in [0, 0.1) is 0 Å². The van der Waals surface area contributed by atoms with Crippen molar-refractivity contribution in [1.82, 2.24) is 9.78 Å². The zero-order valence-corrected chi connectivity index (χ0v) is 13.9. The van der Waals surface area contributed by atoms with E-state index in [-0.39, 0.29) is 6.10 Å². The van der Waals surface area contributed by atoms with E-state index in [4.69, 9.17) is 15.2 Å². The molecule has 0 radical (unpaired) electrons. The monoisotopic (exact) mass is 297 g/mol. The summed E-state index contributed by atoms with van der Waals surface area (Å²) in [5.41, 5.74) is 7.62. The van der Waals surface area contributed by atoms with Crippen molar-refractivity contribution in [1.29, 1.82) is 0 Å². The Kier molecular flexibility index (Phi) is 5.23. The van der Waals surface area contributed by atoms with Crippen LogP contribution < -0.4 is 5.73 Å². The van der Waals surface area contributed by atoms with Crippen LogP contribution in [0.3, 0.4) is 0 Å². The molecule has 0 aromatic carbocycles. The third kappa shape index (κ3) is 4.61. The molecule has 114 valence electrons. The number of hydrogen-bond acceptors (Lipinski definition) is 4. The van der Waals surface area contributed by atoms with Gasteiger partial charge in [-0.15, -0.1) is 0 Å². The summed E-state index contributed by atoms with van der Waals surface area (Å²) in [6.45, 7) is 9.12. The fourth-order valence-electron chi connectivity index (χ4n) is 2.26. The van der Waals surface area contributed by atoms with E-state index in [1.807, 2.05) is 6.20 Å². The van der Waals surface area contributed by atoms with Crippen molar-refractivity contribution in [3.63, 3.8) is 0 Å². The molecular weight excluding hydrogens is 270 g/mol. The minimum atomic E-state index is -1.03. The molecule has 1 aromatic rings. The normalized spacial score (nSPS) is 20.2. The average molecular weight is 297 g/mol. The van der Waals surface area contributed by atoms with Gasteiger partial charge in [-0.05, 0) is 25.3 Å². The van der Waals surface area contributed by atoms with Crippen LogP contribution in [0.15, 0.2) is 6.20 Å². The standard InChI is InChI=1S/C14H27N3O2Si/c1-20(2,3)9-8-18-11-17-10-12(15)14(16-17)13-6-4-5-7-19-13/h10,13H,4-9,11,15H2,1-3H3. The predicted molar refractivity (Wildman–Crippen MR) is 83.3 cm³/mol. The molecule has 5 nitrogen and oxygen atoms in total. The molecule has 20 heavy (non-hydrogen) atoms. The molecular formula is C14H27N3O2Si. The van der Waals surface area contributed by atoms with Crippen LogP contribution >= 0.6 is 0 Å². The van der Waals surface area contributed by atoms with Gasteiger partial charge in [0.05, 0.1) is 11.9 Å². The number of anilines is 1. The zero-order chi connectivity index (χ0) is 14.6. The molecule has 0 aliphatic carbocycles. The molecule has 0 bridgehead atoms. The molecule has 0 spiro atoms. The summed E-state index contributed by atoms with van der Waals surface area (Å²) in [6.07, 6.45) is 5.24. The molecule has 0 amide bonds. The highest BCUT2D eigenvalue weighted by Crippen LogP contribution is 2.30. The largest absolute Gasteiger partial charge is 0.396 e. The van der Waals surface area contributed by atoms with Gasteiger partial charge in [-0.25, -0.2) is 4.68 Å². The lowest BCUT2D eigenvalue weighted by molar-refractivity contribution is 0.0112. The van der Waals surface area contributed by atoms with Gasteiger partial charge in [0.2, 0.25) is 0 Å². The average Bonchev–Trinajstić information content (AvgIpc) is 2.76. The SMILES string of the molecule is C[Si](C)(C)CCOCn1cc(N)c(C2CCCCO2)n1. The molecule has 2 heterocycles. The van der Waals surface area contributed by atoms with Crippen molar-refractivity contribution >= 4 is 13.8 Å². The highest BCUT2D eigenvalue weighted by molar-refractivity contribution is 6.76. The number of nitrogen functional groups attached to an aromatic ring is 1. The second-order valence-electron chi connectivity index (χ2n) is 6.71. The maximum atomic E-state index is 6.03. The molecule has 1 saturated heterocycles. The number of rotatable bonds is 6. The summed E-state index contributed by atoms with van der Waals surface area (Å²) < 4.78 is 13.2. The Morgan fingerprint density at radius 3 is 2.90 bits per heavy atom. The van der Waals surface area contributed by atoms with Crippen LogP contribution in [0.4, 0.5) is 5.69 Å². The fourth-order valence-corrected chi connectivity index (χ4v) is 3.02. The molecule has 0 saturated carbocycles. The second kappa shape index (κ2) is 6.73. The first-order chi connectivity index (χ1) is 9.46. The Morgan fingerprint density at radius 1 is 1.45 bits per heavy atom. The van der Waals surface area contributed by atoms with E-state index in [0.29, 0.717) is 12.4 Å². The van der Waals surface area contributed by atoms with Gasteiger partial charge in [0.25, 0.3) is 0 Å². The second-order valence-corrected chi connectivity index (χ2v) is 12.3. The third-order valence-corrected chi connectivity index (χ3v) is 5.23. The first-order valence-corrected chi connectivity index (χ1v) is 11.2. The van der Waals surface area contributed by atoms with Gasteiger partial charge in [0.1, 0.15) is 18.5 Å². The number of hydrogen-bond donors (Lipinski definition) is 1. The molecule has 1 aliphatic rings. The van der Waals surface area contributed by atoms with Crippen molar-refractivity contribution < 1.29 is 9.47 Å². The number of ether oxygens (including phenoxy) is 2. The van der Waals surface area contributed by atoms with E-state index in [9.17, 15) is 0 Å². The highest BCUT2D eigenvalue weighted by Gasteiger charge is 2.21. The van der Waals surface area contributed by atoms with Gasteiger partial charge >= 0.3 is 0 Å². The van der Waals surface area contributed by atoms with Gasteiger partial charge in [0.15, 0.2) is 0 Å². The van der Waals surface area contributed by atoms with Gasteiger partial charge < -0.3 is 15.2 Å². The maximum absolute atomic E-state index is 6.03. The minimum absolute atomic E-state index is 0.0620. The maximum Gasteiger partial charge on any atom is 0.139 e. The van der Waals surface area contributed by atoms with Gasteiger partial charge in [-0.2, -0.15) is 5.10 Å². The Balaban J connectivity index is 1.84. The third-order valence-electron chi connectivity index (χ3n) is 3.52. The summed E-state index contributed by atoms with van der Waals surface area (Å²) in [4.78, 5) is 0. The first kappa shape index (κ1) is 15.5. The Bertz CT molecular complexity index is 423. The van der Waals surface area contributed by atoms with Crippen LogP contribution in [-0.2, 0) is 16.2 Å². The van der Waals surface area contributed by atoms with Crippen LogP contribution in [-0.4, -0.2) is 31.1 Å². The number of nitrogens with zero attached hydrogens (tertiary/aromatic N) is 2. The van der Waals surface area contributed by atoms with Crippen LogP contribution in [0.2, 0.25) is 25.7 Å². The van der Waals surface area contributed by atoms with Crippen LogP contribution in [0.1, 0.15) is 31.1 Å². The smallest absolute Gasteiger partial charge is 0.139 e.